The molecule has 6 rings (SSSR count). The smallest absolute Gasteiger partial charge is 0.320 e. The van der Waals surface area contributed by atoms with Crippen LogP contribution in [0.5, 0.6) is 11.5 Å². The molecule has 12 heteroatoms. The van der Waals surface area contributed by atoms with Gasteiger partial charge >= 0.3 is 5.97 Å². The Hall–Kier alpha value is -3.77. The Morgan fingerprint density at radius 3 is 2.39 bits per heavy atom. The van der Waals surface area contributed by atoms with Crippen molar-refractivity contribution >= 4 is 40.6 Å². The molecule has 1 N–H and O–H groups in total. The van der Waals surface area contributed by atoms with E-state index in [-0.39, 0.29) is 13.2 Å². The largest absolute Gasteiger partial charge is 0.488 e. The fourth-order valence-electron chi connectivity index (χ4n) is 7.28. The Labute approximate surface area is 336 Å². The van der Waals surface area contributed by atoms with E-state index in [2.05, 4.69) is 60.1 Å². The highest BCUT2D eigenvalue weighted by Gasteiger charge is 2.29. The van der Waals surface area contributed by atoms with Crippen LogP contribution in [-0.2, 0) is 39.0 Å². The number of carboxylic acids is 1. The number of pyridine rings is 1. The molecule has 0 unspecified atom stereocenters. The molecule has 54 heavy (non-hydrogen) atoms. The molecule has 0 amide bonds. The summed E-state index contributed by atoms with van der Waals surface area (Å²) in [5, 5.41) is 19.7. The Morgan fingerprint density at radius 2 is 1.69 bits per heavy atom. The first-order valence-electron chi connectivity index (χ1n) is 18.4. The van der Waals surface area contributed by atoms with Crippen molar-refractivity contribution in [1.29, 1.82) is 5.26 Å². The Kier molecular flexibility index (Phi) is 14.2. The van der Waals surface area contributed by atoms with E-state index >= 15 is 0 Å². The van der Waals surface area contributed by atoms with Gasteiger partial charge in [0.15, 0.2) is 0 Å². The van der Waals surface area contributed by atoms with Crippen molar-refractivity contribution in [1.82, 2.24) is 14.8 Å². The minimum atomic E-state index is -0.829. The third-order valence-electron chi connectivity index (χ3n) is 10.4. The molecule has 3 heterocycles. The molecule has 0 aliphatic carbocycles. The lowest BCUT2D eigenvalue weighted by molar-refractivity contribution is -0.144. The zero-order chi connectivity index (χ0) is 38.0. The van der Waals surface area contributed by atoms with Crippen LogP contribution in [0.25, 0.3) is 11.1 Å². The molecule has 10 nitrogen and oxygen atoms in total. The number of hydrogen-bond acceptors (Lipinski definition) is 9. The lowest BCUT2D eigenvalue weighted by atomic mass is 9.92. The summed E-state index contributed by atoms with van der Waals surface area (Å²) < 4.78 is 24.3. The quantitative estimate of drug-likeness (QED) is 0.0869. The average Bonchev–Trinajstić information content (AvgIpc) is 3.65. The molecule has 2 aliphatic rings. The Morgan fingerprint density at radius 1 is 0.944 bits per heavy atom. The van der Waals surface area contributed by atoms with Gasteiger partial charge in [0.2, 0.25) is 0 Å². The van der Waals surface area contributed by atoms with Gasteiger partial charge in [-0.1, -0.05) is 54.4 Å². The molecule has 2 aliphatic heterocycles. The highest BCUT2D eigenvalue weighted by atomic mass is 127. The first kappa shape index (κ1) is 39.9. The number of ether oxygens (including phenoxy) is 3. The molecule has 1 aromatic heterocycles. The van der Waals surface area contributed by atoms with Crippen LogP contribution in [0.4, 0.5) is 0 Å². The second-order valence-corrected chi connectivity index (χ2v) is 14.9. The molecule has 2 saturated heterocycles. The van der Waals surface area contributed by atoms with Crippen LogP contribution in [0.15, 0.2) is 67.0 Å². The van der Waals surface area contributed by atoms with Gasteiger partial charge in [0.05, 0.1) is 29.9 Å². The number of aliphatic carboxylic acids is 1. The van der Waals surface area contributed by atoms with E-state index in [0.717, 1.165) is 77.8 Å². The van der Waals surface area contributed by atoms with Crippen molar-refractivity contribution in [3.63, 3.8) is 0 Å². The monoisotopic (exact) mass is 864 g/mol. The van der Waals surface area contributed by atoms with Crippen LogP contribution >= 0.6 is 34.6 Å². The zero-order valence-corrected chi connectivity index (χ0v) is 33.6. The van der Waals surface area contributed by atoms with E-state index < -0.39 is 12.0 Å². The number of rotatable bonds is 16. The minimum absolute atomic E-state index is 0.163. The van der Waals surface area contributed by atoms with Gasteiger partial charge in [0.25, 0.3) is 0 Å². The van der Waals surface area contributed by atoms with Crippen molar-refractivity contribution in [2.45, 2.75) is 78.0 Å². The number of halogens is 2. The molecule has 2 atom stereocenters. The average molecular weight is 865 g/mol. The number of nitriles is 1. The highest BCUT2D eigenvalue weighted by molar-refractivity contribution is 14.1. The molecular weight excluding hydrogens is 819 g/mol. The van der Waals surface area contributed by atoms with Gasteiger partial charge in [0.1, 0.15) is 59.8 Å². The maximum Gasteiger partial charge on any atom is 0.320 e. The van der Waals surface area contributed by atoms with Crippen LogP contribution < -0.4 is 9.47 Å². The summed E-state index contributed by atoms with van der Waals surface area (Å²) in [6, 6.07) is 19.5. The number of hydrogen-bond donors (Lipinski definition) is 1. The van der Waals surface area contributed by atoms with Gasteiger partial charge in [-0.3, -0.25) is 19.6 Å². The van der Waals surface area contributed by atoms with E-state index in [9.17, 15) is 15.2 Å². The van der Waals surface area contributed by atoms with Crippen LogP contribution in [0.3, 0.4) is 0 Å². The third kappa shape index (κ3) is 10.1. The molecule has 0 spiro atoms. The van der Waals surface area contributed by atoms with Crippen molar-refractivity contribution in [2.24, 2.45) is 0 Å². The molecule has 0 saturated carbocycles. The SMILES string of the molecule is Cc1c(COCCN2CC[C@@H](OI)C2)cccc1-c1cccc(COc2cc(OCc3cncc(C#N)c3)c(CN3CCCC[C@H]3C(=O)O)cc2Cl)c1C. The van der Waals surface area contributed by atoms with Gasteiger partial charge < -0.3 is 22.4 Å². The maximum absolute atomic E-state index is 12.1. The van der Waals surface area contributed by atoms with Crippen LogP contribution in [0.2, 0.25) is 5.02 Å². The predicted octanol–water partition coefficient (Wildman–Crippen LogP) is 8.45. The van der Waals surface area contributed by atoms with Crippen LogP contribution in [-0.4, -0.2) is 70.8 Å². The first-order chi connectivity index (χ1) is 26.2. The van der Waals surface area contributed by atoms with E-state index in [1.807, 2.05) is 40.0 Å². The molecular formula is C42H46ClIN4O6. The summed E-state index contributed by atoms with van der Waals surface area (Å²) in [5.41, 5.74) is 8.71. The number of benzene rings is 3. The number of carboxylic acid groups (broad SMARTS) is 1. The van der Waals surface area contributed by atoms with Crippen LogP contribution in [0, 0.1) is 25.2 Å². The van der Waals surface area contributed by atoms with Crippen LogP contribution in [0.1, 0.15) is 64.6 Å². The standard InChI is InChI=1S/C42H46ClIN4O6/c1-28-32(26-51-16-15-47-14-12-35(24-47)54-44)7-5-9-36(28)37-10-6-8-33(29(37)2)27-53-41-19-40(52-25-31-17-30(20-45)21-46-22-31)34(18-38(41)43)23-48-13-4-3-11-39(48)42(49)50/h5-10,17-19,21-22,35,39H,3-4,11-16,23-27H2,1-2H3,(H,49,50)/t35-,39+/m1/s1. The third-order valence-corrected chi connectivity index (χ3v) is 11.4. The first-order valence-corrected chi connectivity index (χ1v) is 19.6. The lowest BCUT2D eigenvalue weighted by Gasteiger charge is -2.33. The second-order valence-electron chi connectivity index (χ2n) is 14.0. The topological polar surface area (TPSA) is 117 Å². The van der Waals surface area contributed by atoms with Gasteiger partial charge in [-0.25, -0.2) is 0 Å². The van der Waals surface area contributed by atoms with Crippen molar-refractivity contribution in [3.05, 3.63) is 111 Å². The van der Waals surface area contributed by atoms with Gasteiger partial charge in [-0.15, -0.1) is 0 Å². The van der Waals surface area contributed by atoms with E-state index in [0.29, 0.717) is 60.9 Å². The molecule has 284 valence electrons. The number of piperidine rings is 1. The molecule has 3 aromatic carbocycles. The number of nitrogens with zero attached hydrogens (tertiary/aromatic N) is 4. The van der Waals surface area contributed by atoms with E-state index in [1.54, 1.807) is 18.3 Å². The van der Waals surface area contributed by atoms with Gasteiger partial charge in [-0.05, 0) is 85.2 Å². The summed E-state index contributed by atoms with van der Waals surface area (Å²) in [4.78, 5) is 20.6. The van der Waals surface area contributed by atoms with Crippen molar-refractivity contribution in [3.8, 4) is 28.7 Å². The Bertz CT molecular complexity index is 1970. The zero-order valence-electron chi connectivity index (χ0n) is 30.7. The summed E-state index contributed by atoms with van der Waals surface area (Å²) >= 11 is 8.86. The number of aromatic nitrogens is 1. The molecule has 2 fully saturated rings. The second kappa shape index (κ2) is 19.2. The fourth-order valence-corrected chi connectivity index (χ4v) is 7.94. The van der Waals surface area contributed by atoms with E-state index in [4.69, 9.17) is 28.9 Å². The summed E-state index contributed by atoms with van der Waals surface area (Å²) in [6.07, 6.45) is 6.93. The minimum Gasteiger partial charge on any atom is -0.488 e. The Balaban J connectivity index is 1.17. The summed E-state index contributed by atoms with van der Waals surface area (Å²) in [6.45, 7) is 9.85. The molecule has 0 radical (unpaired) electrons. The molecule has 4 aromatic rings. The molecule has 0 bridgehead atoms. The number of likely N-dealkylation sites (tertiary alicyclic amines) is 2. The van der Waals surface area contributed by atoms with Crippen molar-refractivity contribution in [2.75, 3.05) is 32.8 Å². The highest BCUT2D eigenvalue weighted by Crippen LogP contribution is 2.37. The van der Waals surface area contributed by atoms with Crippen molar-refractivity contribution < 1.29 is 27.2 Å². The van der Waals surface area contributed by atoms with E-state index in [1.165, 1.54) is 11.8 Å². The normalized spacial score (nSPS) is 17.7. The summed E-state index contributed by atoms with van der Waals surface area (Å²) in [5.74, 6) is 0.162. The predicted molar refractivity (Wildman–Crippen MR) is 216 cm³/mol. The number of carbonyl (C=O) groups is 1. The summed E-state index contributed by atoms with van der Waals surface area (Å²) in [7, 11) is 0. The van der Waals surface area contributed by atoms with Gasteiger partial charge in [-0.2, -0.15) is 5.26 Å². The van der Waals surface area contributed by atoms with Gasteiger partial charge in [0, 0.05) is 55.8 Å². The maximum atomic E-state index is 12.1. The fraction of sp³-hybridized carbons (Fsp3) is 0.405. The lowest BCUT2D eigenvalue weighted by Crippen LogP contribution is -2.44.